The highest BCUT2D eigenvalue weighted by molar-refractivity contribution is 5.99. The molecule has 6 N–H and O–H groups in total. The highest BCUT2D eigenvalue weighted by Crippen LogP contribution is 2.35. The van der Waals surface area contributed by atoms with E-state index in [0.717, 1.165) is 28.2 Å². The van der Waals surface area contributed by atoms with Crippen LogP contribution in [0.2, 0.25) is 0 Å². The Hall–Kier alpha value is -3.48. The molecule has 0 aromatic heterocycles. The largest absolute Gasteiger partial charge is 0.384 e. The molecule has 0 saturated heterocycles. The summed E-state index contributed by atoms with van der Waals surface area (Å²) in [4.78, 5) is 17.8. The lowest BCUT2D eigenvalue weighted by atomic mass is 10.1. The molecular weight excluding hydrogens is 352 g/mol. The van der Waals surface area contributed by atoms with Gasteiger partial charge in [0.25, 0.3) is 0 Å². The van der Waals surface area contributed by atoms with E-state index in [0.29, 0.717) is 12.2 Å². The minimum atomic E-state index is -0.239. The van der Waals surface area contributed by atoms with Gasteiger partial charge in [0.05, 0.1) is 11.4 Å². The molecule has 28 heavy (non-hydrogen) atoms. The van der Waals surface area contributed by atoms with Crippen molar-refractivity contribution < 1.29 is 4.79 Å². The van der Waals surface area contributed by atoms with Crippen LogP contribution >= 0.6 is 0 Å². The Kier molecular flexibility index (Phi) is 5.54. The molecule has 2 aromatic carbocycles. The van der Waals surface area contributed by atoms with E-state index < -0.39 is 0 Å². The number of carbonyl (C=O) groups excluding carboxylic acids is 1. The molecule has 3 rings (SSSR count). The van der Waals surface area contributed by atoms with E-state index in [2.05, 4.69) is 15.5 Å². The van der Waals surface area contributed by atoms with Crippen LogP contribution in [0.1, 0.15) is 25.0 Å². The molecule has 0 radical (unpaired) electrons. The fourth-order valence-electron chi connectivity index (χ4n) is 3.16. The van der Waals surface area contributed by atoms with Gasteiger partial charge in [-0.2, -0.15) is 0 Å². The van der Waals surface area contributed by atoms with Gasteiger partial charge in [0.1, 0.15) is 17.7 Å². The number of rotatable bonds is 5. The molecule has 0 aliphatic carbocycles. The van der Waals surface area contributed by atoms with Gasteiger partial charge in [-0.1, -0.05) is 36.4 Å². The SMILES string of the molecule is CC(=O)NCc1ccc(C(C)=NC(=C(N)N)C2Nc3ccccc3N2C)cc1. The summed E-state index contributed by atoms with van der Waals surface area (Å²) in [7, 11) is 1.98. The van der Waals surface area contributed by atoms with Crippen LogP contribution in [0.3, 0.4) is 0 Å². The van der Waals surface area contributed by atoms with Gasteiger partial charge in [0, 0.05) is 26.2 Å². The fourth-order valence-corrected chi connectivity index (χ4v) is 3.16. The van der Waals surface area contributed by atoms with E-state index in [1.807, 2.05) is 62.5 Å². The minimum absolute atomic E-state index is 0.0517. The van der Waals surface area contributed by atoms with Crippen molar-refractivity contribution >= 4 is 23.0 Å². The van der Waals surface area contributed by atoms with Gasteiger partial charge < -0.3 is 27.0 Å². The number of anilines is 2. The van der Waals surface area contributed by atoms with Crippen LogP contribution in [-0.2, 0) is 11.3 Å². The Bertz CT molecular complexity index is 928. The van der Waals surface area contributed by atoms with Crippen molar-refractivity contribution in [2.75, 3.05) is 17.3 Å². The molecule has 1 atom stereocenters. The topological polar surface area (TPSA) is 109 Å². The number of nitrogens with one attached hydrogen (secondary N) is 2. The van der Waals surface area contributed by atoms with Crippen LogP contribution in [0, 0.1) is 0 Å². The first-order valence-electron chi connectivity index (χ1n) is 9.09. The molecule has 2 aromatic rings. The molecule has 0 saturated carbocycles. The highest BCUT2D eigenvalue weighted by atomic mass is 16.1. The lowest BCUT2D eigenvalue weighted by Gasteiger charge is -2.23. The van der Waals surface area contributed by atoms with Crippen LogP contribution in [0.4, 0.5) is 11.4 Å². The summed E-state index contributed by atoms with van der Waals surface area (Å²) in [6.07, 6.45) is -0.239. The molecule has 1 aliphatic rings. The highest BCUT2D eigenvalue weighted by Gasteiger charge is 2.29. The lowest BCUT2D eigenvalue weighted by Crippen LogP contribution is -2.36. The van der Waals surface area contributed by atoms with Gasteiger partial charge in [0.2, 0.25) is 5.91 Å². The third-order valence-electron chi connectivity index (χ3n) is 4.72. The third-order valence-corrected chi connectivity index (χ3v) is 4.72. The van der Waals surface area contributed by atoms with Gasteiger partial charge in [-0.3, -0.25) is 4.79 Å². The zero-order chi connectivity index (χ0) is 20.3. The van der Waals surface area contributed by atoms with Gasteiger partial charge >= 0.3 is 0 Å². The molecule has 0 bridgehead atoms. The molecular formula is C21H26N6O. The maximum absolute atomic E-state index is 11.0. The third kappa shape index (κ3) is 4.09. The fraction of sp³-hybridized carbons (Fsp3) is 0.238. The summed E-state index contributed by atoms with van der Waals surface area (Å²) in [5.41, 5.74) is 17.4. The smallest absolute Gasteiger partial charge is 0.217 e. The maximum Gasteiger partial charge on any atom is 0.217 e. The number of amides is 1. The molecule has 146 valence electrons. The van der Waals surface area contributed by atoms with Crippen LogP contribution < -0.4 is 27.0 Å². The van der Waals surface area contributed by atoms with E-state index >= 15 is 0 Å². The number of fused-ring (bicyclic) bond motifs is 1. The number of hydrogen-bond acceptors (Lipinski definition) is 6. The predicted octanol–water partition coefficient (Wildman–Crippen LogP) is 2.11. The molecule has 1 unspecified atom stereocenters. The molecule has 0 fully saturated rings. The van der Waals surface area contributed by atoms with Gasteiger partial charge in [-0.05, 0) is 30.2 Å². The Morgan fingerprint density at radius 2 is 1.82 bits per heavy atom. The zero-order valence-electron chi connectivity index (χ0n) is 16.4. The zero-order valence-corrected chi connectivity index (χ0v) is 16.4. The summed E-state index contributed by atoms with van der Waals surface area (Å²) in [5.74, 6) is 0.128. The van der Waals surface area contributed by atoms with Crippen molar-refractivity contribution in [3.05, 3.63) is 71.2 Å². The number of benzene rings is 2. The van der Waals surface area contributed by atoms with Crippen molar-refractivity contribution in [3.8, 4) is 0 Å². The number of aliphatic imine (C=N–C) groups is 1. The van der Waals surface area contributed by atoms with Crippen molar-refractivity contribution in [1.82, 2.24) is 5.32 Å². The average molecular weight is 378 g/mol. The monoisotopic (exact) mass is 378 g/mol. The average Bonchev–Trinajstić information content (AvgIpc) is 3.01. The molecule has 7 heteroatoms. The minimum Gasteiger partial charge on any atom is -0.384 e. The first-order chi connectivity index (χ1) is 13.4. The van der Waals surface area contributed by atoms with Crippen LogP contribution in [-0.4, -0.2) is 24.8 Å². The Labute approximate surface area is 165 Å². The molecule has 7 nitrogen and oxygen atoms in total. The number of nitrogens with two attached hydrogens (primary N) is 2. The standard InChI is InChI=1S/C21H26N6O/c1-13(16-10-8-15(9-11-16)12-24-14(2)28)25-19(20(22)23)21-26-17-6-4-5-7-18(17)27(21)3/h4-11,21,26H,12,22-23H2,1-3H3,(H,24,28). The molecule has 0 spiro atoms. The van der Waals surface area contributed by atoms with E-state index in [1.165, 1.54) is 6.92 Å². The van der Waals surface area contributed by atoms with Crippen LogP contribution in [0.15, 0.2) is 65.0 Å². The van der Waals surface area contributed by atoms with E-state index in [9.17, 15) is 4.79 Å². The van der Waals surface area contributed by atoms with E-state index in [4.69, 9.17) is 16.5 Å². The summed E-state index contributed by atoms with van der Waals surface area (Å²) in [5, 5.41) is 6.20. The maximum atomic E-state index is 11.0. The second-order valence-electron chi connectivity index (χ2n) is 6.82. The summed E-state index contributed by atoms with van der Waals surface area (Å²) < 4.78 is 0. The van der Waals surface area contributed by atoms with Gasteiger partial charge in [0.15, 0.2) is 0 Å². The van der Waals surface area contributed by atoms with E-state index in [1.54, 1.807) is 0 Å². The van der Waals surface area contributed by atoms with Gasteiger partial charge in [-0.25, -0.2) is 4.99 Å². The number of para-hydroxylation sites is 2. The number of hydrogen-bond donors (Lipinski definition) is 4. The molecule has 1 aliphatic heterocycles. The molecule has 1 amide bonds. The van der Waals surface area contributed by atoms with Gasteiger partial charge in [-0.15, -0.1) is 0 Å². The molecule has 1 heterocycles. The van der Waals surface area contributed by atoms with Crippen molar-refractivity contribution in [3.63, 3.8) is 0 Å². The van der Waals surface area contributed by atoms with Crippen LogP contribution in [0.5, 0.6) is 0 Å². The summed E-state index contributed by atoms with van der Waals surface area (Å²) in [6.45, 7) is 3.93. The Morgan fingerprint density at radius 1 is 1.14 bits per heavy atom. The number of nitrogens with zero attached hydrogens (tertiary/aromatic N) is 2. The van der Waals surface area contributed by atoms with E-state index in [-0.39, 0.29) is 17.9 Å². The first kappa shape index (κ1) is 19.3. The van der Waals surface area contributed by atoms with Crippen molar-refractivity contribution in [2.24, 2.45) is 16.5 Å². The normalized spacial score (nSPS) is 15.6. The number of likely N-dealkylation sites (N-methyl/N-ethyl adjacent to an activating group) is 1. The van der Waals surface area contributed by atoms with Crippen LogP contribution in [0.25, 0.3) is 0 Å². The van der Waals surface area contributed by atoms with Crippen molar-refractivity contribution in [2.45, 2.75) is 26.6 Å². The summed E-state index contributed by atoms with van der Waals surface area (Å²) >= 11 is 0. The quantitative estimate of drug-likeness (QED) is 0.596. The second-order valence-corrected chi connectivity index (χ2v) is 6.82. The Morgan fingerprint density at radius 3 is 2.43 bits per heavy atom. The predicted molar refractivity (Wildman–Crippen MR) is 114 cm³/mol. The Balaban J connectivity index is 1.82. The second kappa shape index (κ2) is 8.04. The summed E-state index contributed by atoms with van der Waals surface area (Å²) in [6, 6.07) is 15.9. The first-order valence-corrected chi connectivity index (χ1v) is 9.09. The number of carbonyl (C=O) groups is 1. The lowest BCUT2D eigenvalue weighted by molar-refractivity contribution is -0.119. The van der Waals surface area contributed by atoms with Crippen molar-refractivity contribution in [1.29, 1.82) is 0 Å².